The van der Waals surface area contributed by atoms with Crippen molar-refractivity contribution in [3.8, 4) is 0 Å². The molecule has 2 unspecified atom stereocenters. The molecule has 19 heavy (non-hydrogen) atoms. The van der Waals surface area contributed by atoms with Crippen LogP contribution in [0.25, 0.3) is 0 Å². The van der Waals surface area contributed by atoms with Gasteiger partial charge in [-0.05, 0) is 32.1 Å². The van der Waals surface area contributed by atoms with E-state index in [0.29, 0.717) is 11.5 Å². The molecular formula is C13H21N3O2S. The molecular weight excluding hydrogens is 262 g/mol. The second kappa shape index (κ2) is 4.90. The predicted molar refractivity (Wildman–Crippen MR) is 73.7 cm³/mol. The number of aryl methyl sites for hydroxylation is 1. The third-order valence-corrected chi connectivity index (χ3v) is 6.10. The molecule has 0 aromatic carbocycles. The second-order valence-corrected chi connectivity index (χ2v) is 7.96. The molecule has 1 aliphatic heterocycles. The fourth-order valence-corrected chi connectivity index (χ4v) is 4.97. The molecule has 0 saturated carbocycles. The van der Waals surface area contributed by atoms with E-state index in [1.807, 2.05) is 17.9 Å². The lowest BCUT2D eigenvalue weighted by molar-refractivity contribution is 0.384. The van der Waals surface area contributed by atoms with Crippen LogP contribution in [0.5, 0.6) is 0 Å². The van der Waals surface area contributed by atoms with Crippen LogP contribution in [0, 0.1) is 0 Å². The van der Waals surface area contributed by atoms with Crippen LogP contribution in [0.2, 0.25) is 0 Å². The Labute approximate surface area is 114 Å². The maximum absolute atomic E-state index is 11.7. The largest absolute Gasteiger partial charge is 0.306 e. The highest BCUT2D eigenvalue weighted by Gasteiger charge is 2.29. The van der Waals surface area contributed by atoms with E-state index in [0.717, 1.165) is 32.1 Å². The number of nitrogens with one attached hydrogen (secondary N) is 1. The summed E-state index contributed by atoms with van der Waals surface area (Å²) in [4.78, 5) is 0. The Balaban J connectivity index is 1.74. The zero-order chi connectivity index (χ0) is 13.5. The molecule has 5 nitrogen and oxygen atoms in total. The van der Waals surface area contributed by atoms with Crippen LogP contribution in [0.4, 0.5) is 0 Å². The lowest BCUT2D eigenvalue weighted by Gasteiger charge is -2.30. The van der Waals surface area contributed by atoms with Gasteiger partial charge in [-0.2, -0.15) is 5.10 Å². The van der Waals surface area contributed by atoms with Gasteiger partial charge in [0.1, 0.15) is 0 Å². The van der Waals surface area contributed by atoms with Crippen LogP contribution in [0.1, 0.15) is 43.0 Å². The van der Waals surface area contributed by atoms with Gasteiger partial charge in [-0.25, -0.2) is 8.42 Å². The summed E-state index contributed by atoms with van der Waals surface area (Å²) >= 11 is 0. The van der Waals surface area contributed by atoms with Crippen LogP contribution in [0.3, 0.4) is 0 Å². The van der Waals surface area contributed by atoms with Crippen molar-refractivity contribution in [3.63, 3.8) is 0 Å². The summed E-state index contributed by atoms with van der Waals surface area (Å²) in [5, 5.41) is 7.88. The molecule has 0 spiro atoms. The minimum absolute atomic E-state index is 0.106. The zero-order valence-electron chi connectivity index (χ0n) is 11.3. The van der Waals surface area contributed by atoms with Gasteiger partial charge in [0.25, 0.3) is 0 Å². The molecule has 0 bridgehead atoms. The summed E-state index contributed by atoms with van der Waals surface area (Å²) in [5.74, 6) is 0.646. The quantitative estimate of drug-likeness (QED) is 0.878. The normalized spacial score (nSPS) is 29.9. The molecule has 0 radical (unpaired) electrons. The van der Waals surface area contributed by atoms with Gasteiger partial charge in [0.2, 0.25) is 0 Å². The summed E-state index contributed by atoms with van der Waals surface area (Å²) in [7, 11) is -0.860. The average molecular weight is 283 g/mol. The first-order valence-corrected chi connectivity index (χ1v) is 8.84. The molecule has 0 amide bonds. The summed E-state index contributed by atoms with van der Waals surface area (Å²) in [5.41, 5.74) is 2.55. The van der Waals surface area contributed by atoms with Gasteiger partial charge in [0.15, 0.2) is 9.84 Å². The van der Waals surface area contributed by atoms with E-state index in [1.54, 1.807) is 0 Å². The van der Waals surface area contributed by atoms with Crippen molar-refractivity contribution in [1.82, 2.24) is 15.1 Å². The molecule has 6 heteroatoms. The first-order chi connectivity index (χ1) is 9.05. The lowest BCUT2D eigenvalue weighted by atomic mass is 9.92. The van der Waals surface area contributed by atoms with Gasteiger partial charge in [-0.15, -0.1) is 0 Å². The van der Waals surface area contributed by atoms with Crippen molar-refractivity contribution in [1.29, 1.82) is 0 Å². The number of hydrogen-bond donors (Lipinski definition) is 1. The van der Waals surface area contributed by atoms with Crippen molar-refractivity contribution in [3.05, 3.63) is 17.5 Å². The number of fused-ring (bicyclic) bond motifs is 1. The summed E-state index contributed by atoms with van der Waals surface area (Å²) in [6.45, 7) is 0. The number of aromatic nitrogens is 2. The summed E-state index contributed by atoms with van der Waals surface area (Å²) in [6, 6.07) is 0.380. The van der Waals surface area contributed by atoms with E-state index >= 15 is 0 Å². The zero-order valence-corrected chi connectivity index (χ0v) is 12.1. The molecule has 2 atom stereocenters. The lowest BCUT2D eigenvalue weighted by Crippen LogP contribution is -2.42. The highest BCUT2D eigenvalue weighted by molar-refractivity contribution is 7.91. The van der Waals surface area contributed by atoms with Crippen molar-refractivity contribution in [2.75, 3.05) is 11.5 Å². The summed E-state index contributed by atoms with van der Waals surface area (Å²) < 4.78 is 25.3. The van der Waals surface area contributed by atoms with E-state index < -0.39 is 9.84 Å². The Kier molecular flexibility index (Phi) is 3.39. The molecule has 1 aromatic rings. The van der Waals surface area contributed by atoms with E-state index in [4.69, 9.17) is 0 Å². The molecule has 1 N–H and O–H groups in total. The SMILES string of the molecule is Cn1ncc2c1CCCC2NC1CCCS(=O)(=O)C1. The van der Waals surface area contributed by atoms with Gasteiger partial charge in [-0.1, -0.05) is 0 Å². The fraction of sp³-hybridized carbons (Fsp3) is 0.769. The molecule has 1 saturated heterocycles. The van der Waals surface area contributed by atoms with Crippen LogP contribution >= 0.6 is 0 Å². The molecule has 2 aliphatic rings. The van der Waals surface area contributed by atoms with Gasteiger partial charge in [-0.3, -0.25) is 4.68 Å². The molecule has 1 aromatic heterocycles. The number of hydrogen-bond acceptors (Lipinski definition) is 4. The molecule has 3 rings (SSSR count). The van der Waals surface area contributed by atoms with Crippen LogP contribution < -0.4 is 5.32 Å². The molecule has 2 heterocycles. The first kappa shape index (κ1) is 13.1. The van der Waals surface area contributed by atoms with Gasteiger partial charge < -0.3 is 5.32 Å². The first-order valence-electron chi connectivity index (χ1n) is 7.02. The second-order valence-electron chi connectivity index (χ2n) is 5.74. The Morgan fingerprint density at radius 3 is 3.00 bits per heavy atom. The highest BCUT2D eigenvalue weighted by atomic mass is 32.2. The Morgan fingerprint density at radius 2 is 2.21 bits per heavy atom. The summed E-state index contributed by atoms with van der Waals surface area (Å²) in [6.07, 6.45) is 6.98. The molecule has 106 valence electrons. The predicted octanol–water partition coefficient (Wildman–Crippen LogP) is 0.964. The average Bonchev–Trinajstić information content (AvgIpc) is 2.71. The highest BCUT2D eigenvalue weighted by Crippen LogP contribution is 2.30. The number of rotatable bonds is 2. The van der Waals surface area contributed by atoms with E-state index in [9.17, 15) is 8.42 Å². The topological polar surface area (TPSA) is 64.0 Å². The third-order valence-electron chi connectivity index (χ3n) is 4.28. The minimum Gasteiger partial charge on any atom is -0.306 e. The standard InChI is InChI=1S/C13H21N3O2S/c1-16-13-6-2-5-12(11(13)8-14-16)15-10-4-3-7-19(17,18)9-10/h8,10,12,15H,2-7,9H2,1H3. The Morgan fingerprint density at radius 1 is 1.37 bits per heavy atom. The Hall–Kier alpha value is -0.880. The van der Waals surface area contributed by atoms with Crippen LogP contribution in [-0.2, 0) is 23.3 Å². The van der Waals surface area contributed by atoms with Crippen molar-refractivity contribution < 1.29 is 8.42 Å². The van der Waals surface area contributed by atoms with Gasteiger partial charge in [0, 0.05) is 30.4 Å². The third kappa shape index (κ3) is 2.69. The van der Waals surface area contributed by atoms with Gasteiger partial charge >= 0.3 is 0 Å². The monoisotopic (exact) mass is 283 g/mol. The van der Waals surface area contributed by atoms with Gasteiger partial charge in [0.05, 0.1) is 17.7 Å². The van der Waals surface area contributed by atoms with E-state index in [-0.39, 0.29) is 12.1 Å². The fourth-order valence-electron chi connectivity index (χ4n) is 3.32. The van der Waals surface area contributed by atoms with Crippen molar-refractivity contribution >= 4 is 9.84 Å². The van der Waals surface area contributed by atoms with E-state index in [2.05, 4.69) is 10.4 Å². The van der Waals surface area contributed by atoms with Crippen LogP contribution in [0.15, 0.2) is 6.20 Å². The Bertz CT molecular complexity index is 564. The van der Waals surface area contributed by atoms with Crippen LogP contribution in [-0.4, -0.2) is 35.7 Å². The minimum atomic E-state index is -2.84. The number of nitrogens with zero attached hydrogens (tertiary/aromatic N) is 2. The number of sulfone groups is 1. The van der Waals surface area contributed by atoms with Crippen molar-refractivity contribution in [2.45, 2.75) is 44.2 Å². The van der Waals surface area contributed by atoms with E-state index in [1.165, 1.54) is 11.3 Å². The molecule has 1 aliphatic carbocycles. The molecule has 1 fully saturated rings. The smallest absolute Gasteiger partial charge is 0.151 e. The maximum Gasteiger partial charge on any atom is 0.151 e. The maximum atomic E-state index is 11.7. The van der Waals surface area contributed by atoms with Crippen molar-refractivity contribution in [2.24, 2.45) is 7.05 Å².